The average Bonchev–Trinajstić information content (AvgIpc) is 3.94. The lowest BCUT2D eigenvalue weighted by Gasteiger charge is -2.50. The van der Waals surface area contributed by atoms with Gasteiger partial charge in [-0.25, -0.2) is 8.78 Å². The molecule has 1 aliphatic carbocycles. The number of nitrogens with zero attached hydrogens (tertiary/aromatic N) is 3. The largest absolute Gasteiger partial charge is 0.493 e. The number of rotatable bonds is 20. The van der Waals surface area contributed by atoms with E-state index in [0.717, 1.165) is 54.1 Å². The molecule has 61 heavy (non-hydrogen) atoms. The number of thiophene rings is 1. The number of aliphatic carboxylic acids is 1. The molecule has 0 spiro atoms. The summed E-state index contributed by atoms with van der Waals surface area (Å²) in [7, 11) is 2.04. The molecule has 1 saturated heterocycles. The third kappa shape index (κ3) is 11.8. The van der Waals surface area contributed by atoms with Gasteiger partial charge in [0.25, 0.3) is 18.2 Å². The standard InChI is InChI=1S/C43H54F5N3O7S.CH3F/c1-4-13-35-42(58-29-27-34(37(44)45)59-28-29,21-11-24-51(35)38(52)36-31(43(46,47)48)15-10-22-49-36)39(53)50(23-5-2)25-17-32(56-3)30-14-6-7-16-33(30)57-26-12-20-41(40(54)55)18-8-9-19-41;1-2/h6-7,10,14-16,22,27-28,32,35,37H,4-5,8-9,11-13,17-21,23-26H2,1-3H3,(H,54,55);1H3. The van der Waals surface area contributed by atoms with Gasteiger partial charge in [-0.2, -0.15) is 13.2 Å². The summed E-state index contributed by atoms with van der Waals surface area (Å²) in [4.78, 5) is 47.9. The van der Waals surface area contributed by atoms with Crippen LogP contribution in [0.15, 0.2) is 54.0 Å². The SMILES string of the molecule is CCCC1N(C(=O)c2ncccc2C(F)(F)F)CCCC1(Oc1csc(C(F)F)c1)C(=O)N(CCC)CCC(OC)c1ccccc1OCCCC1(C(=O)O)CCCC1.CF. The quantitative estimate of drug-likeness (QED) is 0.0880. The van der Waals surface area contributed by atoms with E-state index in [1.807, 2.05) is 38.1 Å². The highest BCUT2D eigenvalue weighted by atomic mass is 32.1. The Morgan fingerprint density at radius 3 is 2.36 bits per heavy atom. The number of pyridine rings is 1. The number of carboxylic acids is 1. The van der Waals surface area contributed by atoms with Crippen molar-refractivity contribution in [1.82, 2.24) is 14.8 Å². The van der Waals surface area contributed by atoms with E-state index in [-0.39, 0.29) is 49.5 Å². The lowest BCUT2D eigenvalue weighted by Crippen LogP contribution is -2.68. The van der Waals surface area contributed by atoms with E-state index in [2.05, 4.69) is 4.98 Å². The predicted molar refractivity (Wildman–Crippen MR) is 219 cm³/mol. The Bertz CT molecular complexity index is 1870. The highest BCUT2D eigenvalue weighted by Crippen LogP contribution is 2.44. The number of amides is 2. The lowest BCUT2D eigenvalue weighted by molar-refractivity contribution is -0.159. The molecule has 3 aromatic rings. The number of hydrogen-bond donors (Lipinski definition) is 1. The first kappa shape index (κ1) is 49.3. The minimum Gasteiger partial charge on any atom is -0.493 e. The Morgan fingerprint density at radius 1 is 1.02 bits per heavy atom. The van der Waals surface area contributed by atoms with Gasteiger partial charge in [-0.3, -0.25) is 23.8 Å². The first-order valence-corrected chi connectivity index (χ1v) is 21.6. The van der Waals surface area contributed by atoms with E-state index in [9.17, 15) is 41.0 Å². The van der Waals surface area contributed by atoms with Crippen LogP contribution in [0.1, 0.15) is 130 Å². The van der Waals surface area contributed by atoms with Crippen molar-refractivity contribution >= 4 is 29.1 Å². The van der Waals surface area contributed by atoms with Gasteiger partial charge in [0.1, 0.15) is 17.2 Å². The summed E-state index contributed by atoms with van der Waals surface area (Å²) in [5.41, 5.74) is -3.84. The second-order valence-corrected chi connectivity index (χ2v) is 16.3. The maximum Gasteiger partial charge on any atom is 0.418 e. The molecule has 2 aromatic heterocycles. The van der Waals surface area contributed by atoms with E-state index in [0.29, 0.717) is 64.5 Å². The smallest absolute Gasteiger partial charge is 0.418 e. The van der Waals surface area contributed by atoms with Crippen molar-refractivity contribution in [2.24, 2.45) is 5.41 Å². The first-order chi connectivity index (χ1) is 29.2. The Balaban J connectivity index is 0.00000403. The third-order valence-electron chi connectivity index (χ3n) is 11.5. The molecule has 5 rings (SSSR count). The highest BCUT2D eigenvalue weighted by molar-refractivity contribution is 7.10. The Labute approximate surface area is 357 Å². The van der Waals surface area contributed by atoms with Crippen molar-refractivity contribution in [3.05, 3.63) is 75.7 Å². The maximum absolute atomic E-state index is 15.2. The molecular weight excluding hydrogens is 829 g/mol. The van der Waals surface area contributed by atoms with Gasteiger partial charge < -0.3 is 29.1 Å². The van der Waals surface area contributed by atoms with E-state index >= 15 is 4.79 Å². The van der Waals surface area contributed by atoms with E-state index in [1.165, 1.54) is 10.3 Å². The van der Waals surface area contributed by atoms with Crippen LogP contribution in [0.3, 0.4) is 0 Å². The number of carbonyl (C=O) groups excluding carboxylic acids is 2. The number of halogens is 6. The predicted octanol–water partition coefficient (Wildman–Crippen LogP) is 10.7. The van der Waals surface area contributed by atoms with E-state index in [4.69, 9.17) is 14.2 Å². The molecule has 2 aliphatic rings. The average molecular weight is 886 g/mol. The van der Waals surface area contributed by atoms with Crippen LogP contribution in [-0.2, 0) is 20.5 Å². The van der Waals surface area contributed by atoms with E-state index < -0.39 is 64.8 Å². The van der Waals surface area contributed by atoms with Crippen LogP contribution in [0.2, 0.25) is 0 Å². The van der Waals surface area contributed by atoms with Crippen LogP contribution in [0.25, 0.3) is 0 Å². The number of methoxy groups -OCH3 is 1. The molecule has 3 heterocycles. The van der Waals surface area contributed by atoms with Gasteiger partial charge in [-0.15, -0.1) is 11.3 Å². The number of likely N-dealkylation sites (tertiary alicyclic amines) is 1. The van der Waals surface area contributed by atoms with Crippen molar-refractivity contribution in [2.75, 3.05) is 40.5 Å². The number of piperidine rings is 1. The summed E-state index contributed by atoms with van der Waals surface area (Å²) in [5.74, 6) is -1.72. The first-order valence-electron chi connectivity index (χ1n) is 20.7. The van der Waals surface area contributed by atoms with Crippen LogP contribution >= 0.6 is 11.3 Å². The van der Waals surface area contributed by atoms with Crippen molar-refractivity contribution in [1.29, 1.82) is 0 Å². The molecule has 2 amide bonds. The van der Waals surface area contributed by atoms with Gasteiger partial charge in [0.05, 0.1) is 41.8 Å². The zero-order valence-corrected chi connectivity index (χ0v) is 36.0. The minimum atomic E-state index is -4.88. The molecule has 0 radical (unpaired) electrons. The number of benzene rings is 1. The molecule has 3 atom stereocenters. The Kier molecular flexibility index (Phi) is 18.3. The van der Waals surface area contributed by atoms with Crippen molar-refractivity contribution in [2.45, 2.75) is 121 Å². The summed E-state index contributed by atoms with van der Waals surface area (Å²) in [6.07, 6.45) is -1.30. The summed E-state index contributed by atoms with van der Waals surface area (Å²) >= 11 is 0.759. The van der Waals surface area contributed by atoms with Crippen molar-refractivity contribution < 1.29 is 60.0 Å². The van der Waals surface area contributed by atoms with Gasteiger partial charge in [-0.05, 0) is 75.6 Å². The number of carboxylic acid groups (broad SMARTS) is 1. The van der Waals surface area contributed by atoms with Crippen LogP contribution < -0.4 is 9.47 Å². The molecule has 2 fully saturated rings. The number of ether oxygens (including phenoxy) is 3. The normalized spacial score (nSPS) is 19.2. The fraction of sp³-hybridized carbons (Fsp3) is 0.591. The van der Waals surface area contributed by atoms with Crippen LogP contribution in [0, 0.1) is 5.41 Å². The van der Waals surface area contributed by atoms with Gasteiger partial charge in [0.2, 0.25) is 5.60 Å². The zero-order valence-electron chi connectivity index (χ0n) is 35.2. The number of hydrogen-bond acceptors (Lipinski definition) is 8. The number of para-hydroxylation sites is 1. The summed E-state index contributed by atoms with van der Waals surface area (Å²) in [6, 6.07) is 9.31. The van der Waals surface area contributed by atoms with Crippen LogP contribution in [-0.4, -0.2) is 89.8 Å². The monoisotopic (exact) mass is 885 g/mol. The molecule has 1 aliphatic heterocycles. The fourth-order valence-electron chi connectivity index (χ4n) is 8.68. The molecule has 17 heteroatoms. The fourth-order valence-corrected chi connectivity index (χ4v) is 9.33. The molecule has 0 bridgehead atoms. The lowest BCUT2D eigenvalue weighted by atomic mass is 9.79. The highest BCUT2D eigenvalue weighted by Gasteiger charge is 2.56. The topological polar surface area (TPSA) is 119 Å². The Morgan fingerprint density at radius 2 is 1.74 bits per heavy atom. The van der Waals surface area contributed by atoms with Gasteiger partial charge in [0, 0.05) is 50.3 Å². The molecule has 3 unspecified atom stereocenters. The second-order valence-electron chi connectivity index (χ2n) is 15.4. The Hall–Kier alpha value is -4.38. The van der Waals surface area contributed by atoms with Gasteiger partial charge >= 0.3 is 12.1 Å². The summed E-state index contributed by atoms with van der Waals surface area (Å²) in [5, 5.41) is 11.3. The molecule has 1 N–H and O–H groups in total. The summed E-state index contributed by atoms with van der Waals surface area (Å²) in [6.45, 7) is 4.42. The maximum atomic E-state index is 15.2. The second kappa shape index (κ2) is 22.6. The zero-order chi connectivity index (χ0) is 44.8. The van der Waals surface area contributed by atoms with Crippen molar-refractivity contribution in [3.63, 3.8) is 0 Å². The molecule has 1 aromatic carbocycles. The summed E-state index contributed by atoms with van der Waals surface area (Å²) < 4.78 is 98.3. The van der Waals surface area contributed by atoms with Gasteiger partial charge in [0.15, 0.2) is 0 Å². The molecule has 10 nitrogen and oxygen atoms in total. The third-order valence-corrected chi connectivity index (χ3v) is 12.5. The minimum absolute atomic E-state index is 0.00219. The van der Waals surface area contributed by atoms with Crippen LogP contribution in [0.5, 0.6) is 11.5 Å². The molecule has 338 valence electrons. The number of aromatic nitrogens is 1. The van der Waals surface area contributed by atoms with Crippen LogP contribution in [0.4, 0.5) is 26.3 Å². The number of carbonyl (C=O) groups is 3. The van der Waals surface area contributed by atoms with Gasteiger partial charge in [-0.1, -0.05) is 51.3 Å². The van der Waals surface area contributed by atoms with E-state index in [1.54, 1.807) is 12.0 Å². The molecular formula is C44H57F6N3O7S. The van der Waals surface area contributed by atoms with Crippen molar-refractivity contribution in [3.8, 4) is 11.5 Å². The molecule has 1 saturated carbocycles. The number of alkyl halides is 6.